The van der Waals surface area contributed by atoms with Crippen molar-refractivity contribution in [3.05, 3.63) is 40.4 Å². The van der Waals surface area contributed by atoms with Crippen LogP contribution in [0.5, 0.6) is 0 Å². The summed E-state index contributed by atoms with van der Waals surface area (Å²) in [6.45, 7) is 2.72. The third kappa shape index (κ3) is 3.01. The monoisotopic (exact) mass is 300 g/mol. The standard InChI is InChI=1S/C16H20N4O2/c17-8-7-12-2-1-9-19(11-12)16-6-3-13-10-14(20(21)22)4-5-15(13)18-16/h3-6,10,12H,1-2,7-9,11,17H2. The highest BCUT2D eigenvalue weighted by Gasteiger charge is 2.20. The highest BCUT2D eigenvalue weighted by atomic mass is 16.6. The number of fused-ring (bicyclic) bond motifs is 1. The minimum atomic E-state index is -0.380. The first-order valence-corrected chi connectivity index (χ1v) is 7.67. The molecule has 1 aromatic heterocycles. The van der Waals surface area contributed by atoms with Crippen LogP contribution in [-0.2, 0) is 0 Å². The van der Waals surface area contributed by atoms with Gasteiger partial charge in [-0.05, 0) is 49.9 Å². The molecule has 0 radical (unpaired) electrons. The van der Waals surface area contributed by atoms with Gasteiger partial charge in [-0.2, -0.15) is 0 Å². The molecule has 22 heavy (non-hydrogen) atoms. The fraction of sp³-hybridized carbons (Fsp3) is 0.438. The molecule has 1 atom stereocenters. The molecular weight excluding hydrogens is 280 g/mol. The van der Waals surface area contributed by atoms with Crippen molar-refractivity contribution in [1.29, 1.82) is 0 Å². The lowest BCUT2D eigenvalue weighted by Crippen LogP contribution is -2.36. The molecular formula is C16H20N4O2. The van der Waals surface area contributed by atoms with Gasteiger partial charge in [-0.25, -0.2) is 4.98 Å². The average Bonchev–Trinajstić information content (AvgIpc) is 2.54. The van der Waals surface area contributed by atoms with E-state index < -0.39 is 0 Å². The van der Waals surface area contributed by atoms with E-state index >= 15 is 0 Å². The molecule has 1 saturated heterocycles. The number of hydrogen-bond donors (Lipinski definition) is 1. The molecule has 0 bridgehead atoms. The molecule has 2 aromatic rings. The number of aromatic nitrogens is 1. The molecule has 1 unspecified atom stereocenters. The molecule has 116 valence electrons. The zero-order chi connectivity index (χ0) is 15.5. The van der Waals surface area contributed by atoms with Crippen LogP contribution in [-0.4, -0.2) is 29.5 Å². The maximum atomic E-state index is 10.8. The van der Waals surface area contributed by atoms with Gasteiger partial charge >= 0.3 is 0 Å². The number of nitrogens with zero attached hydrogens (tertiary/aromatic N) is 3. The molecule has 2 heterocycles. The summed E-state index contributed by atoms with van der Waals surface area (Å²) in [4.78, 5) is 17.4. The highest BCUT2D eigenvalue weighted by Crippen LogP contribution is 2.26. The minimum Gasteiger partial charge on any atom is -0.356 e. The van der Waals surface area contributed by atoms with Gasteiger partial charge in [0.2, 0.25) is 0 Å². The van der Waals surface area contributed by atoms with E-state index in [1.165, 1.54) is 12.5 Å². The largest absolute Gasteiger partial charge is 0.356 e. The van der Waals surface area contributed by atoms with E-state index in [4.69, 9.17) is 5.73 Å². The second-order valence-electron chi connectivity index (χ2n) is 5.84. The Morgan fingerprint density at radius 3 is 3.00 bits per heavy atom. The summed E-state index contributed by atoms with van der Waals surface area (Å²) in [6, 6.07) is 8.67. The third-order valence-electron chi connectivity index (χ3n) is 4.29. The minimum absolute atomic E-state index is 0.100. The number of nitro groups is 1. The molecule has 3 rings (SSSR count). The maximum Gasteiger partial charge on any atom is 0.270 e. The van der Waals surface area contributed by atoms with Crippen molar-refractivity contribution in [2.75, 3.05) is 24.5 Å². The van der Waals surface area contributed by atoms with Gasteiger partial charge in [0.1, 0.15) is 5.82 Å². The smallest absolute Gasteiger partial charge is 0.270 e. The fourth-order valence-electron chi connectivity index (χ4n) is 3.14. The van der Waals surface area contributed by atoms with Crippen LogP contribution in [0.15, 0.2) is 30.3 Å². The van der Waals surface area contributed by atoms with E-state index in [9.17, 15) is 10.1 Å². The molecule has 0 aliphatic carbocycles. The number of benzene rings is 1. The van der Waals surface area contributed by atoms with Crippen LogP contribution in [0.3, 0.4) is 0 Å². The van der Waals surface area contributed by atoms with Crippen molar-refractivity contribution < 1.29 is 4.92 Å². The van der Waals surface area contributed by atoms with Gasteiger partial charge in [0, 0.05) is 30.6 Å². The molecule has 6 heteroatoms. The summed E-state index contributed by atoms with van der Waals surface area (Å²) < 4.78 is 0. The molecule has 1 aromatic carbocycles. The zero-order valence-corrected chi connectivity index (χ0v) is 12.4. The van der Waals surface area contributed by atoms with Crippen molar-refractivity contribution in [2.24, 2.45) is 11.7 Å². The second kappa shape index (κ2) is 6.27. The Hall–Kier alpha value is -2.21. The molecule has 1 aliphatic heterocycles. The third-order valence-corrected chi connectivity index (χ3v) is 4.29. The molecule has 0 spiro atoms. The predicted octanol–water partition coefficient (Wildman–Crippen LogP) is 2.71. The first-order chi connectivity index (χ1) is 10.7. The van der Waals surface area contributed by atoms with Crippen molar-refractivity contribution in [2.45, 2.75) is 19.3 Å². The van der Waals surface area contributed by atoms with Gasteiger partial charge in [0.25, 0.3) is 5.69 Å². The van der Waals surface area contributed by atoms with Gasteiger partial charge in [0.05, 0.1) is 10.4 Å². The summed E-state index contributed by atoms with van der Waals surface area (Å²) in [5, 5.41) is 11.6. The topological polar surface area (TPSA) is 85.3 Å². The molecule has 1 aliphatic rings. The van der Waals surface area contributed by atoms with E-state index in [2.05, 4.69) is 9.88 Å². The Kier molecular flexibility index (Phi) is 4.20. The second-order valence-corrected chi connectivity index (χ2v) is 5.84. The molecule has 2 N–H and O–H groups in total. The van der Waals surface area contributed by atoms with E-state index in [0.717, 1.165) is 49.2 Å². The quantitative estimate of drug-likeness (QED) is 0.693. The number of rotatable bonds is 4. The van der Waals surface area contributed by atoms with Gasteiger partial charge in [0.15, 0.2) is 0 Å². The van der Waals surface area contributed by atoms with Gasteiger partial charge in [-0.1, -0.05) is 0 Å². The van der Waals surface area contributed by atoms with Crippen LogP contribution in [0.1, 0.15) is 19.3 Å². The van der Waals surface area contributed by atoms with Gasteiger partial charge < -0.3 is 10.6 Å². The Bertz CT molecular complexity index is 687. The van der Waals surface area contributed by atoms with E-state index in [-0.39, 0.29) is 10.6 Å². The Morgan fingerprint density at radius 1 is 1.36 bits per heavy atom. The Labute approximate surface area is 129 Å². The first-order valence-electron chi connectivity index (χ1n) is 7.67. The molecule has 0 amide bonds. The van der Waals surface area contributed by atoms with Crippen LogP contribution in [0.25, 0.3) is 10.9 Å². The van der Waals surface area contributed by atoms with Crippen LogP contribution >= 0.6 is 0 Å². The number of hydrogen-bond acceptors (Lipinski definition) is 5. The van der Waals surface area contributed by atoms with Crippen LogP contribution in [0, 0.1) is 16.0 Å². The van der Waals surface area contributed by atoms with Crippen LogP contribution in [0.2, 0.25) is 0 Å². The Morgan fingerprint density at radius 2 is 2.23 bits per heavy atom. The van der Waals surface area contributed by atoms with E-state index in [1.54, 1.807) is 12.1 Å². The maximum absolute atomic E-state index is 10.8. The first kappa shape index (κ1) is 14.7. The number of anilines is 1. The lowest BCUT2D eigenvalue weighted by atomic mass is 9.95. The lowest BCUT2D eigenvalue weighted by Gasteiger charge is -2.33. The summed E-state index contributed by atoms with van der Waals surface area (Å²) >= 11 is 0. The lowest BCUT2D eigenvalue weighted by molar-refractivity contribution is -0.384. The SMILES string of the molecule is NCCC1CCCN(c2ccc3cc([N+](=O)[O-])ccc3n2)C1. The van der Waals surface area contributed by atoms with Crippen LogP contribution < -0.4 is 10.6 Å². The zero-order valence-electron chi connectivity index (χ0n) is 12.4. The fourth-order valence-corrected chi connectivity index (χ4v) is 3.14. The summed E-state index contributed by atoms with van der Waals surface area (Å²) in [5.74, 6) is 1.58. The summed E-state index contributed by atoms with van der Waals surface area (Å²) in [5.41, 5.74) is 6.56. The molecule has 6 nitrogen and oxygen atoms in total. The number of pyridine rings is 1. The number of piperidine rings is 1. The van der Waals surface area contributed by atoms with Gasteiger partial charge in [-0.15, -0.1) is 0 Å². The van der Waals surface area contributed by atoms with Crippen molar-refractivity contribution in [3.63, 3.8) is 0 Å². The van der Waals surface area contributed by atoms with Crippen molar-refractivity contribution in [3.8, 4) is 0 Å². The number of non-ortho nitro benzene ring substituents is 1. The van der Waals surface area contributed by atoms with Crippen molar-refractivity contribution >= 4 is 22.4 Å². The highest BCUT2D eigenvalue weighted by molar-refractivity contribution is 5.82. The predicted molar refractivity (Wildman–Crippen MR) is 87.0 cm³/mol. The molecule has 0 saturated carbocycles. The van der Waals surface area contributed by atoms with E-state index in [1.807, 2.05) is 12.1 Å². The Balaban J connectivity index is 1.85. The summed E-state index contributed by atoms with van der Waals surface area (Å²) in [6.07, 6.45) is 3.44. The van der Waals surface area contributed by atoms with Gasteiger partial charge in [-0.3, -0.25) is 10.1 Å². The average molecular weight is 300 g/mol. The summed E-state index contributed by atoms with van der Waals surface area (Å²) in [7, 11) is 0. The van der Waals surface area contributed by atoms with Crippen LogP contribution in [0.4, 0.5) is 11.5 Å². The normalized spacial score (nSPS) is 18.6. The van der Waals surface area contributed by atoms with E-state index in [0.29, 0.717) is 5.92 Å². The number of nitrogens with two attached hydrogens (primary N) is 1. The number of nitro benzene ring substituents is 1. The van der Waals surface area contributed by atoms with Crippen molar-refractivity contribution in [1.82, 2.24) is 4.98 Å². The molecule has 1 fully saturated rings.